The minimum Gasteiger partial charge on any atom is -0.368 e. The molecule has 1 amide bonds. The number of amides is 1. The van der Waals surface area contributed by atoms with Gasteiger partial charge in [0.2, 0.25) is 5.91 Å². The number of carbonyl (C=O) groups excluding carboxylic acids is 1. The lowest BCUT2D eigenvalue weighted by molar-refractivity contribution is -0.122. The van der Waals surface area contributed by atoms with Gasteiger partial charge in [-0.15, -0.1) is 11.3 Å². The van der Waals surface area contributed by atoms with Crippen molar-refractivity contribution >= 4 is 17.2 Å². The highest BCUT2D eigenvalue weighted by Crippen LogP contribution is 2.35. The summed E-state index contributed by atoms with van der Waals surface area (Å²) >= 11 is 1.79. The highest BCUT2D eigenvalue weighted by Gasteiger charge is 2.29. The number of hydrogen-bond donors (Lipinski definition) is 1. The third kappa shape index (κ3) is 2.82. The molecule has 1 unspecified atom stereocenters. The van der Waals surface area contributed by atoms with Gasteiger partial charge in [-0.2, -0.15) is 0 Å². The molecule has 1 saturated carbocycles. The molecule has 0 radical (unpaired) electrons. The molecule has 2 N–H and O–H groups in total. The van der Waals surface area contributed by atoms with Crippen LogP contribution in [-0.4, -0.2) is 28.4 Å². The van der Waals surface area contributed by atoms with Crippen molar-refractivity contribution in [3.05, 3.63) is 16.1 Å². The molecule has 1 saturated heterocycles. The number of nitrogens with zero attached hydrogens (tertiary/aromatic N) is 2. The van der Waals surface area contributed by atoms with Crippen molar-refractivity contribution in [2.45, 2.75) is 57.0 Å². The van der Waals surface area contributed by atoms with Crippen molar-refractivity contribution in [1.82, 2.24) is 9.88 Å². The summed E-state index contributed by atoms with van der Waals surface area (Å²) in [5.74, 6) is 0.494. The maximum absolute atomic E-state index is 11.4. The van der Waals surface area contributed by atoms with Crippen LogP contribution in [0.4, 0.5) is 0 Å². The summed E-state index contributed by atoms with van der Waals surface area (Å²) in [6, 6.07) is -0.0865. The molecule has 1 aromatic heterocycles. The molecular formula is C14H21N3OS. The largest absolute Gasteiger partial charge is 0.368 e. The van der Waals surface area contributed by atoms with Crippen LogP contribution in [0.2, 0.25) is 0 Å². The van der Waals surface area contributed by atoms with E-state index in [9.17, 15) is 4.79 Å². The zero-order chi connectivity index (χ0) is 13.2. The normalized spacial score (nSPS) is 25.2. The average molecular weight is 279 g/mol. The molecule has 2 heterocycles. The van der Waals surface area contributed by atoms with E-state index in [1.165, 1.54) is 30.7 Å². The maximum Gasteiger partial charge on any atom is 0.234 e. The fraction of sp³-hybridized carbons (Fsp3) is 0.714. The molecule has 0 aromatic carbocycles. The Kier molecular flexibility index (Phi) is 3.84. The molecule has 0 bridgehead atoms. The standard InChI is InChI=1S/C14H21N3OS/c15-13(18)12-6-3-7-17(12)8-11-9-19-14(16-11)10-4-1-2-5-10/h9-10,12H,1-8H2,(H2,15,18). The molecule has 104 valence electrons. The molecule has 1 aliphatic heterocycles. The van der Waals surface area contributed by atoms with E-state index in [1.54, 1.807) is 11.3 Å². The molecular weight excluding hydrogens is 258 g/mol. The van der Waals surface area contributed by atoms with Crippen LogP contribution in [0.1, 0.15) is 55.1 Å². The number of rotatable bonds is 4. The molecule has 4 nitrogen and oxygen atoms in total. The van der Waals surface area contributed by atoms with Crippen LogP contribution >= 0.6 is 11.3 Å². The van der Waals surface area contributed by atoms with Crippen LogP contribution in [0.3, 0.4) is 0 Å². The van der Waals surface area contributed by atoms with Gasteiger partial charge in [-0.3, -0.25) is 9.69 Å². The summed E-state index contributed by atoms with van der Waals surface area (Å²) in [5, 5.41) is 3.45. The van der Waals surface area contributed by atoms with E-state index in [4.69, 9.17) is 10.7 Å². The van der Waals surface area contributed by atoms with Gasteiger partial charge in [-0.05, 0) is 32.2 Å². The highest BCUT2D eigenvalue weighted by atomic mass is 32.1. The van der Waals surface area contributed by atoms with Crippen molar-refractivity contribution < 1.29 is 4.79 Å². The minimum absolute atomic E-state index is 0.0865. The third-order valence-electron chi connectivity index (χ3n) is 4.33. The monoisotopic (exact) mass is 279 g/mol. The summed E-state index contributed by atoms with van der Waals surface area (Å²) in [7, 11) is 0. The summed E-state index contributed by atoms with van der Waals surface area (Å²) in [6.45, 7) is 1.74. The van der Waals surface area contributed by atoms with Crippen LogP contribution in [0, 0.1) is 0 Å². The predicted octanol–water partition coefficient (Wildman–Crippen LogP) is 2.25. The Bertz CT molecular complexity index is 453. The van der Waals surface area contributed by atoms with E-state index >= 15 is 0 Å². The summed E-state index contributed by atoms with van der Waals surface area (Å²) in [6.07, 6.45) is 7.23. The van der Waals surface area contributed by atoms with E-state index < -0.39 is 0 Å². The first-order valence-corrected chi connectivity index (χ1v) is 8.09. The summed E-state index contributed by atoms with van der Waals surface area (Å²) in [5.41, 5.74) is 6.56. The van der Waals surface area contributed by atoms with E-state index in [-0.39, 0.29) is 11.9 Å². The first kappa shape index (κ1) is 13.1. The fourth-order valence-corrected chi connectivity index (χ4v) is 4.28. The van der Waals surface area contributed by atoms with Gasteiger partial charge in [0.25, 0.3) is 0 Å². The molecule has 1 atom stereocenters. The Morgan fingerprint density at radius 1 is 1.37 bits per heavy atom. The van der Waals surface area contributed by atoms with E-state index in [1.807, 2.05) is 0 Å². The number of hydrogen-bond acceptors (Lipinski definition) is 4. The molecule has 1 aliphatic carbocycles. The number of primary amides is 1. The molecule has 19 heavy (non-hydrogen) atoms. The quantitative estimate of drug-likeness (QED) is 0.919. The van der Waals surface area contributed by atoms with Crippen molar-refractivity contribution in [3.63, 3.8) is 0 Å². The number of likely N-dealkylation sites (tertiary alicyclic amines) is 1. The number of aromatic nitrogens is 1. The third-order valence-corrected chi connectivity index (χ3v) is 5.39. The number of carbonyl (C=O) groups is 1. The van der Waals surface area contributed by atoms with Crippen LogP contribution < -0.4 is 5.73 Å². The zero-order valence-corrected chi connectivity index (χ0v) is 12.0. The Hall–Kier alpha value is -0.940. The highest BCUT2D eigenvalue weighted by molar-refractivity contribution is 7.09. The van der Waals surface area contributed by atoms with Gasteiger partial charge < -0.3 is 5.73 Å². The van der Waals surface area contributed by atoms with Gasteiger partial charge in [0, 0.05) is 17.8 Å². The van der Waals surface area contributed by atoms with Crippen molar-refractivity contribution in [2.24, 2.45) is 5.73 Å². The van der Waals surface area contributed by atoms with Crippen molar-refractivity contribution in [1.29, 1.82) is 0 Å². The predicted molar refractivity (Wildman–Crippen MR) is 75.9 cm³/mol. The van der Waals surface area contributed by atoms with Gasteiger partial charge in [-0.1, -0.05) is 12.8 Å². The molecule has 0 spiro atoms. The summed E-state index contributed by atoms with van der Waals surface area (Å²) in [4.78, 5) is 18.3. The SMILES string of the molecule is NC(=O)C1CCCN1Cc1csc(C2CCCC2)n1. The van der Waals surface area contributed by atoms with Gasteiger partial charge in [0.15, 0.2) is 0 Å². The van der Waals surface area contributed by atoms with E-state index in [2.05, 4.69) is 10.3 Å². The van der Waals surface area contributed by atoms with Crippen LogP contribution in [0.25, 0.3) is 0 Å². The first-order valence-electron chi connectivity index (χ1n) is 7.21. The van der Waals surface area contributed by atoms with E-state index in [0.717, 1.165) is 31.6 Å². The first-order chi connectivity index (χ1) is 9.24. The molecule has 2 fully saturated rings. The van der Waals surface area contributed by atoms with Crippen molar-refractivity contribution in [3.8, 4) is 0 Å². The van der Waals surface area contributed by atoms with Crippen LogP contribution in [0.15, 0.2) is 5.38 Å². The second-order valence-corrected chi connectivity index (χ2v) is 6.58. The maximum atomic E-state index is 11.4. The van der Waals surface area contributed by atoms with E-state index in [0.29, 0.717) is 5.92 Å². The van der Waals surface area contributed by atoms with Gasteiger partial charge in [0.05, 0.1) is 16.7 Å². The molecule has 3 rings (SSSR count). The summed E-state index contributed by atoms with van der Waals surface area (Å²) < 4.78 is 0. The van der Waals surface area contributed by atoms with Crippen molar-refractivity contribution in [2.75, 3.05) is 6.54 Å². The average Bonchev–Trinajstić information content (AvgIpc) is 3.09. The lowest BCUT2D eigenvalue weighted by Crippen LogP contribution is -2.39. The Labute approximate surface area is 118 Å². The Morgan fingerprint density at radius 3 is 2.89 bits per heavy atom. The lowest BCUT2D eigenvalue weighted by atomic mass is 10.1. The molecule has 2 aliphatic rings. The molecule has 5 heteroatoms. The number of thiazole rings is 1. The van der Waals surface area contributed by atoms with Gasteiger partial charge in [0.1, 0.15) is 0 Å². The fourth-order valence-electron chi connectivity index (χ4n) is 3.30. The van der Waals surface area contributed by atoms with Crippen LogP contribution in [-0.2, 0) is 11.3 Å². The topological polar surface area (TPSA) is 59.2 Å². The number of nitrogens with two attached hydrogens (primary N) is 1. The second-order valence-electron chi connectivity index (χ2n) is 5.69. The minimum atomic E-state index is -0.191. The smallest absolute Gasteiger partial charge is 0.234 e. The van der Waals surface area contributed by atoms with Gasteiger partial charge >= 0.3 is 0 Å². The van der Waals surface area contributed by atoms with Gasteiger partial charge in [-0.25, -0.2) is 4.98 Å². The lowest BCUT2D eigenvalue weighted by Gasteiger charge is -2.20. The molecule has 1 aromatic rings. The van der Waals surface area contributed by atoms with Crippen LogP contribution in [0.5, 0.6) is 0 Å². The zero-order valence-electron chi connectivity index (χ0n) is 11.2. The Morgan fingerprint density at radius 2 is 2.16 bits per heavy atom. The second kappa shape index (κ2) is 5.59. The Balaban J connectivity index is 1.65.